The standard InChI is InChI=1S/C19H33ClN2O5S/c1-9(20)12(17-15(24)14(23)16(25)19(27-17)28-2)22-18(26)13-11(8-21-13)5-3-4-10-6-7-10/h9-17,19,21,23-25H,3-8H2,1-2H3,(H,22,26)/t9-,11-,12+,13-,14-,15+,16+,17?,19+/m0/s1. The van der Waals surface area contributed by atoms with Crippen LogP contribution in [0, 0.1) is 11.8 Å². The quantitative estimate of drug-likeness (QED) is 0.333. The number of halogens is 1. The van der Waals surface area contributed by atoms with Crippen LogP contribution < -0.4 is 10.6 Å². The van der Waals surface area contributed by atoms with Crippen LogP contribution in [0.1, 0.15) is 39.0 Å². The van der Waals surface area contributed by atoms with Crippen LogP contribution in [-0.2, 0) is 9.53 Å². The molecule has 3 fully saturated rings. The van der Waals surface area contributed by atoms with E-state index in [1.165, 1.54) is 31.0 Å². The maximum Gasteiger partial charge on any atom is 0.237 e. The van der Waals surface area contributed by atoms with Crippen LogP contribution in [0.15, 0.2) is 0 Å². The molecular formula is C19H33ClN2O5S. The van der Waals surface area contributed by atoms with Crippen LogP contribution >= 0.6 is 23.4 Å². The Morgan fingerprint density at radius 1 is 1.25 bits per heavy atom. The van der Waals surface area contributed by atoms with Crippen molar-refractivity contribution in [3.05, 3.63) is 0 Å². The Balaban J connectivity index is 1.58. The molecule has 162 valence electrons. The van der Waals surface area contributed by atoms with Gasteiger partial charge in [0, 0.05) is 6.54 Å². The molecule has 3 rings (SSSR count). The van der Waals surface area contributed by atoms with Gasteiger partial charge in [0.1, 0.15) is 29.9 Å². The van der Waals surface area contributed by atoms with Gasteiger partial charge in [-0.25, -0.2) is 0 Å². The van der Waals surface area contributed by atoms with E-state index in [1.54, 1.807) is 13.2 Å². The fraction of sp³-hybridized carbons (Fsp3) is 0.947. The van der Waals surface area contributed by atoms with Crippen LogP contribution in [0.3, 0.4) is 0 Å². The molecule has 2 aliphatic heterocycles. The van der Waals surface area contributed by atoms with Gasteiger partial charge < -0.3 is 30.7 Å². The average Bonchev–Trinajstić information content (AvgIpc) is 3.45. The van der Waals surface area contributed by atoms with Gasteiger partial charge in [-0.3, -0.25) is 4.79 Å². The van der Waals surface area contributed by atoms with Gasteiger partial charge in [-0.15, -0.1) is 23.4 Å². The molecule has 0 aromatic heterocycles. The molecule has 0 bridgehead atoms. The van der Waals surface area contributed by atoms with Crippen LogP contribution in [0.5, 0.6) is 0 Å². The summed E-state index contributed by atoms with van der Waals surface area (Å²) in [6, 6.07) is -0.944. The Kier molecular flexibility index (Phi) is 7.92. The van der Waals surface area contributed by atoms with Crippen molar-refractivity contribution in [3.63, 3.8) is 0 Å². The van der Waals surface area contributed by atoms with E-state index in [4.69, 9.17) is 16.3 Å². The summed E-state index contributed by atoms with van der Waals surface area (Å²) in [5, 5.41) is 36.2. The SMILES string of the molecule is CS[C@H]1OC([C@H](NC(=O)[C@H]2NC[C@@H]2CCCC2CC2)[C@H](C)Cl)[C@H](O)[C@H](O)[C@H]1O. The largest absolute Gasteiger partial charge is 0.388 e. The van der Waals surface area contributed by atoms with Gasteiger partial charge in [-0.1, -0.05) is 25.7 Å². The fourth-order valence-electron chi connectivity index (χ4n) is 4.13. The number of ether oxygens (including phenoxy) is 1. The Labute approximate surface area is 175 Å². The minimum absolute atomic E-state index is 0.155. The highest BCUT2D eigenvalue weighted by atomic mass is 35.5. The molecule has 28 heavy (non-hydrogen) atoms. The molecule has 0 aromatic rings. The summed E-state index contributed by atoms with van der Waals surface area (Å²) < 4.78 is 5.79. The van der Waals surface area contributed by atoms with Gasteiger partial charge in [-0.05, 0) is 31.4 Å². The number of aliphatic hydroxyl groups excluding tert-OH is 3. The smallest absolute Gasteiger partial charge is 0.237 e. The van der Waals surface area contributed by atoms with Crippen molar-refractivity contribution < 1.29 is 24.9 Å². The number of hydrogen-bond donors (Lipinski definition) is 5. The van der Waals surface area contributed by atoms with Gasteiger partial charge in [0.25, 0.3) is 0 Å². The first-order valence-electron chi connectivity index (χ1n) is 10.2. The first-order chi connectivity index (χ1) is 13.3. The van der Waals surface area contributed by atoms with E-state index in [0.29, 0.717) is 5.92 Å². The Hall–Kier alpha value is -0.0900. The van der Waals surface area contributed by atoms with Gasteiger partial charge in [0.05, 0.1) is 17.5 Å². The van der Waals surface area contributed by atoms with Crippen molar-refractivity contribution >= 4 is 29.3 Å². The highest BCUT2D eigenvalue weighted by Crippen LogP contribution is 2.35. The number of alkyl halides is 1. The van der Waals surface area contributed by atoms with E-state index in [0.717, 1.165) is 25.3 Å². The third-order valence-electron chi connectivity index (χ3n) is 6.23. The molecule has 9 heteroatoms. The molecule has 1 unspecified atom stereocenters. The summed E-state index contributed by atoms with van der Waals surface area (Å²) in [7, 11) is 0. The Bertz CT molecular complexity index is 536. The van der Waals surface area contributed by atoms with E-state index in [9.17, 15) is 20.1 Å². The second-order valence-corrected chi connectivity index (χ2v) is 10.0. The lowest BCUT2D eigenvalue weighted by Crippen LogP contribution is -2.67. The zero-order valence-corrected chi connectivity index (χ0v) is 18.0. The predicted molar refractivity (Wildman–Crippen MR) is 109 cm³/mol. The summed E-state index contributed by atoms with van der Waals surface area (Å²) >= 11 is 7.55. The topological polar surface area (TPSA) is 111 Å². The lowest BCUT2D eigenvalue weighted by Gasteiger charge is -2.45. The highest BCUT2D eigenvalue weighted by Gasteiger charge is 2.48. The Morgan fingerprint density at radius 2 is 1.96 bits per heavy atom. The second-order valence-electron chi connectivity index (χ2n) is 8.41. The number of carbonyl (C=O) groups excluding carboxylic acids is 1. The van der Waals surface area contributed by atoms with Crippen molar-refractivity contribution in [2.24, 2.45) is 11.8 Å². The summed E-state index contributed by atoms with van der Waals surface area (Å²) in [4.78, 5) is 12.8. The predicted octanol–water partition coefficient (Wildman–Crippen LogP) is 0.437. The van der Waals surface area contributed by atoms with E-state index in [-0.39, 0.29) is 11.9 Å². The number of rotatable bonds is 9. The fourth-order valence-corrected chi connectivity index (χ4v) is 5.02. The molecule has 1 saturated carbocycles. The van der Waals surface area contributed by atoms with Gasteiger partial charge >= 0.3 is 0 Å². The lowest BCUT2D eigenvalue weighted by molar-refractivity contribution is -0.205. The summed E-state index contributed by atoms with van der Waals surface area (Å²) in [6.07, 6.45) is 3.09. The molecule has 0 radical (unpaired) electrons. The molecule has 2 heterocycles. The van der Waals surface area contributed by atoms with Crippen molar-refractivity contribution in [3.8, 4) is 0 Å². The molecule has 5 N–H and O–H groups in total. The lowest BCUT2D eigenvalue weighted by atomic mass is 9.85. The first-order valence-corrected chi connectivity index (χ1v) is 12.0. The third kappa shape index (κ3) is 5.14. The molecule has 1 amide bonds. The molecule has 7 nitrogen and oxygen atoms in total. The second kappa shape index (κ2) is 9.81. The summed E-state index contributed by atoms with van der Waals surface area (Å²) in [5.41, 5.74) is -0.699. The van der Waals surface area contributed by atoms with E-state index in [2.05, 4.69) is 10.6 Å². The number of carbonyl (C=O) groups is 1. The molecule has 0 aromatic carbocycles. The minimum Gasteiger partial charge on any atom is -0.388 e. The summed E-state index contributed by atoms with van der Waals surface area (Å²) in [5.74, 6) is 1.06. The zero-order valence-electron chi connectivity index (χ0n) is 16.5. The monoisotopic (exact) mass is 436 g/mol. The van der Waals surface area contributed by atoms with Crippen molar-refractivity contribution in [2.45, 2.75) is 86.3 Å². The van der Waals surface area contributed by atoms with E-state index in [1.807, 2.05) is 0 Å². The molecule has 9 atom stereocenters. The molecule has 0 spiro atoms. The highest BCUT2D eigenvalue weighted by molar-refractivity contribution is 7.99. The summed E-state index contributed by atoms with van der Waals surface area (Å²) in [6.45, 7) is 2.56. The van der Waals surface area contributed by atoms with Gasteiger partial charge in [0.15, 0.2) is 0 Å². The average molecular weight is 437 g/mol. The van der Waals surface area contributed by atoms with Crippen molar-refractivity contribution in [1.29, 1.82) is 0 Å². The van der Waals surface area contributed by atoms with Crippen LogP contribution in [0.2, 0.25) is 0 Å². The van der Waals surface area contributed by atoms with Crippen LogP contribution in [-0.4, -0.2) is 81.3 Å². The normalized spacial score (nSPS) is 40.4. The number of thioether (sulfide) groups is 1. The van der Waals surface area contributed by atoms with Crippen molar-refractivity contribution in [1.82, 2.24) is 10.6 Å². The molecular weight excluding hydrogens is 404 g/mol. The number of aliphatic hydroxyl groups is 3. The number of nitrogens with one attached hydrogen (secondary N) is 2. The third-order valence-corrected chi connectivity index (χ3v) is 7.36. The molecule has 3 aliphatic rings. The Morgan fingerprint density at radius 3 is 2.50 bits per heavy atom. The maximum absolute atomic E-state index is 12.8. The number of amides is 1. The molecule has 1 aliphatic carbocycles. The molecule has 2 saturated heterocycles. The van der Waals surface area contributed by atoms with Crippen LogP contribution in [0.25, 0.3) is 0 Å². The first kappa shape index (κ1) is 22.6. The minimum atomic E-state index is -1.36. The van der Waals surface area contributed by atoms with E-state index < -0.39 is 41.3 Å². The van der Waals surface area contributed by atoms with Gasteiger partial charge in [-0.2, -0.15) is 0 Å². The zero-order chi connectivity index (χ0) is 20.4. The number of hydrogen-bond acceptors (Lipinski definition) is 7. The van der Waals surface area contributed by atoms with E-state index >= 15 is 0 Å². The maximum atomic E-state index is 12.8. The van der Waals surface area contributed by atoms with Gasteiger partial charge in [0.2, 0.25) is 5.91 Å². The van der Waals surface area contributed by atoms with Crippen LogP contribution in [0.4, 0.5) is 0 Å². The van der Waals surface area contributed by atoms with Crippen molar-refractivity contribution in [2.75, 3.05) is 12.8 Å².